The molecule has 0 radical (unpaired) electrons. The fraction of sp³-hybridized carbons (Fsp3) is 0.765. The first-order chi connectivity index (χ1) is 11.6. The van der Waals surface area contributed by atoms with Gasteiger partial charge in [0.25, 0.3) is 0 Å². The molecule has 2 atom stereocenters. The molecule has 130 valence electrons. The third-order valence-corrected chi connectivity index (χ3v) is 5.27. The second-order valence-corrected chi connectivity index (χ2v) is 7.22. The van der Waals surface area contributed by atoms with Gasteiger partial charge in [-0.2, -0.15) is 10.1 Å². The van der Waals surface area contributed by atoms with Crippen molar-refractivity contribution in [3.05, 3.63) is 23.4 Å². The van der Waals surface area contributed by atoms with E-state index in [2.05, 4.69) is 32.0 Å². The quantitative estimate of drug-likeness (QED) is 0.839. The third kappa shape index (κ3) is 3.09. The predicted molar refractivity (Wildman–Crippen MR) is 88.5 cm³/mol. The van der Waals surface area contributed by atoms with Crippen LogP contribution in [0.3, 0.4) is 0 Å². The molecule has 0 N–H and O–H groups in total. The average molecular weight is 330 g/mol. The van der Waals surface area contributed by atoms with E-state index in [0.29, 0.717) is 12.0 Å². The predicted octanol–water partition coefficient (Wildman–Crippen LogP) is 2.77. The molecule has 1 aliphatic carbocycles. The fourth-order valence-corrected chi connectivity index (χ4v) is 3.73. The van der Waals surface area contributed by atoms with Gasteiger partial charge in [-0.15, -0.1) is 0 Å². The van der Waals surface area contributed by atoms with Crippen LogP contribution in [-0.2, 0) is 6.54 Å². The molecule has 2 unspecified atom stereocenters. The van der Waals surface area contributed by atoms with E-state index in [0.717, 1.165) is 36.5 Å². The van der Waals surface area contributed by atoms with Crippen LogP contribution in [-0.4, -0.2) is 42.4 Å². The maximum atomic E-state index is 5.57. The van der Waals surface area contributed by atoms with Gasteiger partial charge < -0.3 is 4.52 Å². The van der Waals surface area contributed by atoms with Crippen LogP contribution in [0.25, 0.3) is 0 Å². The Hall–Kier alpha value is -1.76. The summed E-state index contributed by atoms with van der Waals surface area (Å²) in [5.41, 5.74) is 0. The first-order valence-electron chi connectivity index (χ1n) is 9.09. The highest BCUT2D eigenvalue weighted by Gasteiger charge is 2.33. The molecule has 0 spiro atoms. The van der Waals surface area contributed by atoms with Crippen LogP contribution in [0.1, 0.15) is 74.4 Å². The van der Waals surface area contributed by atoms with Crippen molar-refractivity contribution < 1.29 is 4.52 Å². The summed E-state index contributed by atoms with van der Waals surface area (Å²) < 4.78 is 7.61. The lowest BCUT2D eigenvalue weighted by Crippen LogP contribution is -2.44. The van der Waals surface area contributed by atoms with Gasteiger partial charge in [-0.1, -0.05) is 11.6 Å². The zero-order valence-electron chi connectivity index (χ0n) is 14.8. The van der Waals surface area contributed by atoms with Crippen molar-refractivity contribution in [2.75, 3.05) is 6.54 Å². The zero-order valence-corrected chi connectivity index (χ0v) is 14.8. The van der Waals surface area contributed by atoms with E-state index >= 15 is 0 Å². The van der Waals surface area contributed by atoms with E-state index in [-0.39, 0.29) is 6.04 Å². The van der Waals surface area contributed by atoms with Crippen LogP contribution >= 0.6 is 0 Å². The van der Waals surface area contributed by atoms with Crippen molar-refractivity contribution >= 4 is 0 Å². The number of aromatic nitrogens is 5. The van der Waals surface area contributed by atoms with Gasteiger partial charge in [0, 0.05) is 12.0 Å². The number of aryl methyl sites for hydroxylation is 2. The summed E-state index contributed by atoms with van der Waals surface area (Å²) in [5.74, 6) is 4.02. The number of hydrogen-bond donors (Lipinski definition) is 0. The van der Waals surface area contributed by atoms with E-state index < -0.39 is 0 Å². The molecule has 24 heavy (non-hydrogen) atoms. The Balaban J connectivity index is 1.50. The Bertz CT molecular complexity index is 704. The van der Waals surface area contributed by atoms with E-state index in [1.165, 1.54) is 32.1 Å². The molecule has 3 heterocycles. The third-order valence-electron chi connectivity index (χ3n) is 5.27. The van der Waals surface area contributed by atoms with Crippen LogP contribution in [0, 0.1) is 13.8 Å². The van der Waals surface area contributed by atoms with Gasteiger partial charge >= 0.3 is 0 Å². The molecule has 0 amide bonds. The summed E-state index contributed by atoms with van der Waals surface area (Å²) in [6.45, 7) is 8.10. The molecule has 0 aromatic carbocycles. The molecule has 1 saturated carbocycles. The lowest BCUT2D eigenvalue weighted by atomic mass is 10.00. The molecule has 2 aromatic rings. The number of nitrogens with zero attached hydrogens (tertiary/aromatic N) is 6. The van der Waals surface area contributed by atoms with Gasteiger partial charge in [0.1, 0.15) is 11.6 Å². The first-order valence-corrected chi connectivity index (χ1v) is 9.09. The first kappa shape index (κ1) is 15.7. The van der Waals surface area contributed by atoms with E-state index in [9.17, 15) is 0 Å². The molecule has 4 rings (SSSR count). The topological polar surface area (TPSA) is 72.9 Å². The van der Waals surface area contributed by atoms with Crippen molar-refractivity contribution in [2.45, 2.75) is 77.4 Å². The molecule has 1 aliphatic heterocycles. The molecule has 2 aromatic heterocycles. The van der Waals surface area contributed by atoms with Gasteiger partial charge in [-0.25, -0.2) is 9.67 Å². The molecule has 1 saturated heterocycles. The Kier molecular flexibility index (Phi) is 4.12. The minimum Gasteiger partial charge on any atom is -0.338 e. The Labute approximate surface area is 142 Å². The van der Waals surface area contributed by atoms with E-state index in [4.69, 9.17) is 4.52 Å². The zero-order chi connectivity index (χ0) is 16.7. The minimum absolute atomic E-state index is 0.153. The van der Waals surface area contributed by atoms with Crippen LogP contribution in [0.5, 0.6) is 0 Å². The molecule has 7 heteroatoms. The smallest absolute Gasteiger partial charge is 0.243 e. The molecule has 0 bridgehead atoms. The van der Waals surface area contributed by atoms with Crippen molar-refractivity contribution in [1.29, 1.82) is 0 Å². The molecule has 2 fully saturated rings. The lowest BCUT2D eigenvalue weighted by Gasteiger charge is -2.38. The summed E-state index contributed by atoms with van der Waals surface area (Å²) in [5, 5.41) is 8.71. The number of piperidine rings is 1. The van der Waals surface area contributed by atoms with Gasteiger partial charge in [0.15, 0.2) is 5.82 Å². The molecular formula is C17H26N6O. The normalized spacial score (nSPS) is 23.5. The van der Waals surface area contributed by atoms with Crippen LogP contribution < -0.4 is 0 Å². The largest absolute Gasteiger partial charge is 0.338 e. The SMILES string of the molecule is Cc1nc(C)n(CC2CCCCN2C(C)c2nc(C3CC3)no2)n1. The minimum atomic E-state index is 0.153. The Morgan fingerprint density at radius 1 is 1.17 bits per heavy atom. The van der Waals surface area contributed by atoms with Gasteiger partial charge in [-0.05, 0) is 53.0 Å². The molecule has 7 nitrogen and oxygen atoms in total. The molecular weight excluding hydrogens is 304 g/mol. The van der Waals surface area contributed by atoms with E-state index in [1.807, 2.05) is 18.5 Å². The second kappa shape index (κ2) is 6.27. The van der Waals surface area contributed by atoms with Crippen LogP contribution in [0.2, 0.25) is 0 Å². The monoisotopic (exact) mass is 330 g/mol. The van der Waals surface area contributed by atoms with Crippen molar-refractivity contribution in [1.82, 2.24) is 29.8 Å². The van der Waals surface area contributed by atoms with Crippen molar-refractivity contribution in [2.24, 2.45) is 0 Å². The van der Waals surface area contributed by atoms with Gasteiger partial charge in [0.2, 0.25) is 5.89 Å². The maximum absolute atomic E-state index is 5.57. The van der Waals surface area contributed by atoms with Crippen molar-refractivity contribution in [3.8, 4) is 0 Å². The average Bonchev–Trinajstić information content (AvgIpc) is 3.22. The number of likely N-dealkylation sites (tertiary alicyclic amines) is 1. The Morgan fingerprint density at radius 2 is 2.00 bits per heavy atom. The van der Waals surface area contributed by atoms with Crippen LogP contribution in [0.4, 0.5) is 0 Å². The summed E-state index contributed by atoms with van der Waals surface area (Å²) in [6.07, 6.45) is 6.05. The standard InChI is InChI=1S/C17H26N6O/c1-11(17-19-16(21-24-17)14-7-8-14)22-9-5-4-6-15(22)10-23-13(3)18-12(2)20-23/h11,14-15H,4-10H2,1-3H3. The van der Waals surface area contributed by atoms with Crippen molar-refractivity contribution in [3.63, 3.8) is 0 Å². The second-order valence-electron chi connectivity index (χ2n) is 7.22. The highest BCUT2D eigenvalue weighted by Crippen LogP contribution is 2.39. The van der Waals surface area contributed by atoms with Gasteiger partial charge in [-0.3, -0.25) is 4.90 Å². The van der Waals surface area contributed by atoms with Crippen LogP contribution in [0.15, 0.2) is 4.52 Å². The number of rotatable bonds is 5. The van der Waals surface area contributed by atoms with E-state index in [1.54, 1.807) is 0 Å². The fourth-order valence-electron chi connectivity index (χ4n) is 3.73. The van der Waals surface area contributed by atoms with Gasteiger partial charge in [0.05, 0.1) is 12.6 Å². The number of hydrogen-bond acceptors (Lipinski definition) is 6. The summed E-state index contributed by atoms with van der Waals surface area (Å²) in [6, 6.07) is 0.588. The Morgan fingerprint density at radius 3 is 2.71 bits per heavy atom. The summed E-state index contributed by atoms with van der Waals surface area (Å²) in [4.78, 5) is 11.6. The molecule has 2 aliphatic rings. The highest BCUT2D eigenvalue weighted by atomic mass is 16.5. The lowest BCUT2D eigenvalue weighted by molar-refractivity contribution is 0.0714. The summed E-state index contributed by atoms with van der Waals surface area (Å²) in [7, 11) is 0. The highest BCUT2D eigenvalue weighted by molar-refractivity contribution is 5.05. The maximum Gasteiger partial charge on any atom is 0.243 e. The summed E-state index contributed by atoms with van der Waals surface area (Å²) >= 11 is 0.